The van der Waals surface area contributed by atoms with Gasteiger partial charge < -0.3 is 20.1 Å². The lowest BCUT2D eigenvalue weighted by Gasteiger charge is -2.14. The van der Waals surface area contributed by atoms with Crippen LogP contribution in [-0.4, -0.2) is 26.7 Å². The lowest BCUT2D eigenvalue weighted by atomic mass is 10.1. The van der Waals surface area contributed by atoms with Crippen LogP contribution in [0.3, 0.4) is 0 Å². The van der Waals surface area contributed by atoms with Crippen molar-refractivity contribution in [2.75, 3.05) is 20.8 Å². The second-order valence-electron chi connectivity index (χ2n) is 5.72. The van der Waals surface area contributed by atoms with Crippen molar-refractivity contribution >= 4 is 29.9 Å². The van der Waals surface area contributed by atoms with E-state index in [1.54, 1.807) is 14.2 Å². The van der Waals surface area contributed by atoms with Gasteiger partial charge in [-0.1, -0.05) is 24.3 Å². The number of guanidine groups is 1. The van der Waals surface area contributed by atoms with Crippen LogP contribution in [0.1, 0.15) is 23.6 Å². The summed E-state index contributed by atoms with van der Waals surface area (Å²) in [5, 5.41) is 6.63. The predicted molar refractivity (Wildman–Crippen MR) is 118 cm³/mol. The molecule has 0 saturated heterocycles. The van der Waals surface area contributed by atoms with Crippen molar-refractivity contribution in [3.63, 3.8) is 0 Å². The molecular weight excluding hydrogens is 441 g/mol. The van der Waals surface area contributed by atoms with Crippen molar-refractivity contribution in [1.82, 2.24) is 10.6 Å². The molecule has 2 rings (SSSR count). The van der Waals surface area contributed by atoms with Crippen LogP contribution in [0.25, 0.3) is 0 Å². The molecule has 0 aliphatic carbocycles. The number of rotatable bonds is 7. The third-order valence-corrected chi connectivity index (χ3v) is 3.79. The number of ether oxygens (including phenoxy) is 2. The molecule has 0 fully saturated rings. The molecule has 142 valence electrons. The van der Waals surface area contributed by atoms with E-state index in [1.807, 2.05) is 30.3 Å². The molecule has 2 N–H and O–H groups in total. The molecule has 26 heavy (non-hydrogen) atoms. The molecule has 2 aromatic rings. The minimum atomic E-state index is 0. The van der Waals surface area contributed by atoms with Crippen LogP contribution >= 0.6 is 24.0 Å². The summed E-state index contributed by atoms with van der Waals surface area (Å²) in [6, 6.07) is 14.1. The SMILES string of the molecule is CCNC(=NCc1cccc(OC)c1)NCc1ccc(C)cc1OC.I. The van der Waals surface area contributed by atoms with Gasteiger partial charge in [-0.25, -0.2) is 4.99 Å². The first kappa shape index (κ1) is 22.1. The maximum atomic E-state index is 5.46. The van der Waals surface area contributed by atoms with Crippen molar-refractivity contribution in [1.29, 1.82) is 0 Å². The summed E-state index contributed by atoms with van der Waals surface area (Å²) in [6.07, 6.45) is 0. The molecule has 6 heteroatoms. The minimum Gasteiger partial charge on any atom is -0.497 e. The summed E-state index contributed by atoms with van der Waals surface area (Å²) in [5.41, 5.74) is 3.38. The van der Waals surface area contributed by atoms with E-state index in [2.05, 4.69) is 41.6 Å². The Labute approximate surface area is 173 Å². The molecule has 2 aromatic carbocycles. The largest absolute Gasteiger partial charge is 0.497 e. The normalized spacial score (nSPS) is 10.7. The molecule has 0 atom stereocenters. The second kappa shape index (κ2) is 11.6. The molecule has 0 radical (unpaired) electrons. The highest BCUT2D eigenvalue weighted by atomic mass is 127. The molecule has 0 heterocycles. The molecule has 0 aromatic heterocycles. The van der Waals surface area contributed by atoms with Gasteiger partial charge in [0.15, 0.2) is 5.96 Å². The van der Waals surface area contributed by atoms with Crippen LogP contribution in [-0.2, 0) is 13.1 Å². The van der Waals surface area contributed by atoms with Crippen LogP contribution in [0.2, 0.25) is 0 Å². The third kappa shape index (κ3) is 6.74. The summed E-state index contributed by atoms with van der Waals surface area (Å²) in [7, 11) is 3.36. The van der Waals surface area contributed by atoms with Crippen molar-refractivity contribution in [3.8, 4) is 11.5 Å². The number of halogens is 1. The summed E-state index contributed by atoms with van der Waals surface area (Å²) in [6.45, 7) is 6.13. The molecule has 0 aliphatic rings. The van der Waals surface area contributed by atoms with Crippen molar-refractivity contribution < 1.29 is 9.47 Å². The van der Waals surface area contributed by atoms with Gasteiger partial charge in [0, 0.05) is 18.7 Å². The average Bonchev–Trinajstić information content (AvgIpc) is 2.64. The van der Waals surface area contributed by atoms with E-state index in [4.69, 9.17) is 9.47 Å². The van der Waals surface area contributed by atoms with Gasteiger partial charge in [-0.15, -0.1) is 24.0 Å². The fourth-order valence-corrected chi connectivity index (χ4v) is 2.46. The molecule has 0 bridgehead atoms. The maximum Gasteiger partial charge on any atom is 0.191 e. The third-order valence-electron chi connectivity index (χ3n) is 3.79. The molecular formula is C20H28IN3O2. The van der Waals surface area contributed by atoms with Crippen LogP contribution in [0.15, 0.2) is 47.5 Å². The lowest BCUT2D eigenvalue weighted by Crippen LogP contribution is -2.36. The zero-order valence-electron chi connectivity index (χ0n) is 15.8. The lowest BCUT2D eigenvalue weighted by molar-refractivity contribution is 0.408. The number of aryl methyl sites for hydroxylation is 1. The molecule has 0 spiro atoms. The number of nitrogens with one attached hydrogen (secondary N) is 2. The smallest absolute Gasteiger partial charge is 0.191 e. The van der Waals surface area contributed by atoms with E-state index in [9.17, 15) is 0 Å². The van der Waals surface area contributed by atoms with Gasteiger partial charge >= 0.3 is 0 Å². The van der Waals surface area contributed by atoms with Crippen molar-refractivity contribution in [2.24, 2.45) is 4.99 Å². The van der Waals surface area contributed by atoms with E-state index < -0.39 is 0 Å². The summed E-state index contributed by atoms with van der Waals surface area (Å²) in [5.74, 6) is 2.50. The quantitative estimate of drug-likeness (QED) is 0.367. The monoisotopic (exact) mass is 469 g/mol. The Balaban J connectivity index is 0.00000338. The number of methoxy groups -OCH3 is 2. The Morgan fingerprint density at radius 3 is 2.54 bits per heavy atom. The van der Waals surface area contributed by atoms with Crippen LogP contribution < -0.4 is 20.1 Å². The maximum absolute atomic E-state index is 5.46. The molecule has 0 saturated carbocycles. The Morgan fingerprint density at radius 2 is 1.85 bits per heavy atom. The summed E-state index contributed by atoms with van der Waals surface area (Å²) < 4.78 is 10.7. The highest BCUT2D eigenvalue weighted by molar-refractivity contribution is 14.0. The topological polar surface area (TPSA) is 54.9 Å². The van der Waals surface area contributed by atoms with Crippen molar-refractivity contribution in [2.45, 2.75) is 26.9 Å². The number of hydrogen-bond acceptors (Lipinski definition) is 3. The van der Waals surface area contributed by atoms with Crippen LogP contribution in [0, 0.1) is 6.92 Å². The minimum absolute atomic E-state index is 0. The Kier molecular flexibility index (Phi) is 9.87. The zero-order valence-corrected chi connectivity index (χ0v) is 18.2. The Morgan fingerprint density at radius 1 is 1.04 bits per heavy atom. The van der Waals surface area contributed by atoms with E-state index >= 15 is 0 Å². The Bertz CT molecular complexity index is 720. The van der Waals surface area contributed by atoms with Gasteiger partial charge in [-0.05, 0) is 43.2 Å². The molecule has 0 amide bonds. The van der Waals surface area contributed by atoms with E-state index in [0.29, 0.717) is 13.1 Å². The highest BCUT2D eigenvalue weighted by Crippen LogP contribution is 2.19. The first-order valence-corrected chi connectivity index (χ1v) is 8.45. The first-order chi connectivity index (χ1) is 12.2. The van der Waals surface area contributed by atoms with Gasteiger partial charge in [0.2, 0.25) is 0 Å². The van der Waals surface area contributed by atoms with Crippen molar-refractivity contribution in [3.05, 3.63) is 59.2 Å². The van der Waals surface area contributed by atoms with Gasteiger partial charge in [0.05, 0.1) is 20.8 Å². The highest BCUT2D eigenvalue weighted by Gasteiger charge is 2.05. The fourth-order valence-electron chi connectivity index (χ4n) is 2.46. The van der Waals surface area contributed by atoms with Crippen LogP contribution in [0.4, 0.5) is 0 Å². The number of nitrogens with zero attached hydrogens (tertiary/aromatic N) is 1. The fraction of sp³-hybridized carbons (Fsp3) is 0.350. The second-order valence-corrected chi connectivity index (χ2v) is 5.72. The average molecular weight is 469 g/mol. The molecule has 0 unspecified atom stereocenters. The summed E-state index contributed by atoms with van der Waals surface area (Å²) >= 11 is 0. The zero-order chi connectivity index (χ0) is 18.1. The first-order valence-electron chi connectivity index (χ1n) is 8.45. The molecule has 5 nitrogen and oxygen atoms in total. The van der Waals surface area contributed by atoms with E-state index in [-0.39, 0.29) is 24.0 Å². The number of hydrogen-bond donors (Lipinski definition) is 2. The van der Waals surface area contributed by atoms with Gasteiger partial charge in [-0.2, -0.15) is 0 Å². The standard InChI is InChI=1S/C20H27N3O2.HI/c1-5-21-20(22-13-16-7-6-8-18(12-16)24-3)23-14-17-10-9-15(2)11-19(17)25-4;/h6-12H,5,13-14H2,1-4H3,(H2,21,22,23);1H. The van der Waals surface area contributed by atoms with E-state index in [1.165, 1.54) is 5.56 Å². The van der Waals surface area contributed by atoms with Gasteiger partial charge in [-0.3, -0.25) is 0 Å². The predicted octanol–water partition coefficient (Wildman–Crippen LogP) is 3.89. The van der Waals surface area contributed by atoms with E-state index in [0.717, 1.165) is 35.1 Å². The van der Waals surface area contributed by atoms with Gasteiger partial charge in [0.1, 0.15) is 11.5 Å². The van der Waals surface area contributed by atoms with Gasteiger partial charge in [0.25, 0.3) is 0 Å². The molecule has 0 aliphatic heterocycles. The Hall–Kier alpha value is -1.96. The summed E-state index contributed by atoms with van der Waals surface area (Å²) in [4.78, 5) is 4.65. The number of benzene rings is 2. The number of aliphatic imine (C=N–C) groups is 1. The van der Waals surface area contributed by atoms with Crippen LogP contribution in [0.5, 0.6) is 11.5 Å².